The maximum atomic E-state index is 11.3. The smallest absolute Gasteiger partial charge is 0.407 e. The van der Waals surface area contributed by atoms with Gasteiger partial charge in [0.25, 0.3) is 0 Å². The van der Waals surface area contributed by atoms with E-state index in [0.717, 1.165) is 13.1 Å². The van der Waals surface area contributed by atoms with E-state index in [1.54, 1.807) is 0 Å². The average molecular weight is 228 g/mol. The van der Waals surface area contributed by atoms with E-state index in [1.165, 1.54) is 12.8 Å². The topological polar surface area (TPSA) is 41.6 Å². The molecule has 0 spiro atoms. The van der Waals surface area contributed by atoms with Crippen LogP contribution in [0.25, 0.3) is 0 Å². The Balaban J connectivity index is 2.16. The molecule has 94 valence electrons. The molecular formula is C12H24N2O2. The van der Waals surface area contributed by atoms with E-state index < -0.39 is 0 Å². The van der Waals surface area contributed by atoms with Crippen molar-refractivity contribution < 1.29 is 9.53 Å². The normalized spacial score (nSPS) is 21.4. The highest BCUT2D eigenvalue weighted by Gasteiger charge is 2.23. The maximum absolute atomic E-state index is 11.3. The number of hydrogen-bond donors (Lipinski definition) is 1. The van der Waals surface area contributed by atoms with Crippen molar-refractivity contribution in [2.75, 3.05) is 26.2 Å². The second kappa shape index (κ2) is 6.74. The number of carbonyl (C=O) groups excluding carboxylic acids is 1. The van der Waals surface area contributed by atoms with Crippen molar-refractivity contribution in [3.05, 3.63) is 0 Å². The summed E-state index contributed by atoms with van der Waals surface area (Å²) in [4.78, 5) is 13.8. The summed E-state index contributed by atoms with van der Waals surface area (Å²) in [6.45, 7) is 9.65. The van der Waals surface area contributed by atoms with Crippen LogP contribution in [0, 0.1) is 5.92 Å². The summed E-state index contributed by atoms with van der Waals surface area (Å²) in [6.07, 6.45) is 2.14. The monoisotopic (exact) mass is 228 g/mol. The van der Waals surface area contributed by atoms with Crippen molar-refractivity contribution in [3.8, 4) is 0 Å². The predicted molar refractivity (Wildman–Crippen MR) is 64.5 cm³/mol. The zero-order chi connectivity index (χ0) is 12.0. The van der Waals surface area contributed by atoms with Crippen LogP contribution in [0.3, 0.4) is 0 Å². The summed E-state index contributed by atoms with van der Waals surface area (Å²) in [5, 5.41) is 2.84. The van der Waals surface area contributed by atoms with Gasteiger partial charge in [0, 0.05) is 12.6 Å². The summed E-state index contributed by atoms with van der Waals surface area (Å²) in [7, 11) is 0. The Morgan fingerprint density at radius 2 is 2.31 bits per heavy atom. The van der Waals surface area contributed by atoms with Gasteiger partial charge in [0.15, 0.2) is 0 Å². The lowest BCUT2D eigenvalue weighted by molar-refractivity contribution is 0.129. The molecule has 1 aliphatic rings. The number of nitrogens with one attached hydrogen (secondary N) is 1. The third kappa shape index (κ3) is 4.39. The van der Waals surface area contributed by atoms with Crippen LogP contribution in [0.2, 0.25) is 0 Å². The highest BCUT2D eigenvalue weighted by Crippen LogP contribution is 2.15. The van der Waals surface area contributed by atoms with E-state index in [0.29, 0.717) is 25.1 Å². The molecule has 1 fully saturated rings. The van der Waals surface area contributed by atoms with Gasteiger partial charge in [-0.1, -0.05) is 20.8 Å². The summed E-state index contributed by atoms with van der Waals surface area (Å²) in [6, 6.07) is 0.497. The highest BCUT2D eigenvalue weighted by atomic mass is 16.5. The molecule has 0 radical (unpaired) electrons. The molecule has 4 heteroatoms. The molecule has 0 aliphatic carbocycles. The van der Waals surface area contributed by atoms with Crippen LogP contribution in [0.1, 0.15) is 33.6 Å². The molecule has 0 bridgehead atoms. The lowest BCUT2D eigenvalue weighted by atomic mass is 10.2. The first-order chi connectivity index (χ1) is 7.63. The Kier molecular flexibility index (Phi) is 5.60. The fourth-order valence-corrected chi connectivity index (χ4v) is 2.04. The van der Waals surface area contributed by atoms with Gasteiger partial charge >= 0.3 is 6.09 Å². The molecule has 0 aromatic carbocycles. The number of amides is 1. The number of ether oxygens (including phenoxy) is 1. The largest absolute Gasteiger partial charge is 0.449 e. The zero-order valence-corrected chi connectivity index (χ0v) is 10.7. The van der Waals surface area contributed by atoms with Gasteiger partial charge in [-0.15, -0.1) is 0 Å². The average Bonchev–Trinajstić information content (AvgIpc) is 2.70. The van der Waals surface area contributed by atoms with Gasteiger partial charge in [-0.05, 0) is 31.8 Å². The van der Waals surface area contributed by atoms with E-state index in [9.17, 15) is 4.79 Å². The molecule has 1 aliphatic heterocycles. The van der Waals surface area contributed by atoms with Crippen molar-refractivity contribution in [1.29, 1.82) is 0 Å². The summed E-state index contributed by atoms with van der Waals surface area (Å²) < 4.78 is 5.06. The predicted octanol–water partition coefficient (Wildman–Crippen LogP) is 1.85. The Bertz CT molecular complexity index is 219. The van der Waals surface area contributed by atoms with Gasteiger partial charge in [0.2, 0.25) is 0 Å². The molecule has 1 unspecified atom stereocenters. The van der Waals surface area contributed by atoms with Crippen molar-refractivity contribution >= 4 is 6.09 Å². The molecule has 1 rings (SSSR count). The summed E-state index contributed by atoms with van der Waals surface area (Å²) in [5.41, 5.74) is 0. The highest BCUT2D eigenvalue weighted by molar-refractivity contribution is 5.67. The number of hydrogen-bond acceptors (Lipinski definition) is 3. The van der Waals surface area contributed by atoms with Crippen LogP contribution in [0.4, 0.5) is 4.79 Å². The molecule has 0 saturated carbocycles. The number of likely N-dealkylation sites (N-methyl/N-ethyl adjacent to an activating group) is 1. The Hall–Kier alpha value is -0.770. The molecular weight excluding hydrogens is 204 g/mol. The fourth-order valence-electron chi connectivity index (χ4n) is 2.04. The molecule has 16 heavy (non-hydrogen) atoms. The van der Waals surface area contributed by atoms with Crippen LogP contribution in [-0.2, 0) is 4.74 Å². The molecule has 1 amide bonds. The number of carbonyl (C=O) groups is 1. The standard InChI is InChI=1S/C12H24N2O2/c1-4-14-7-5-6-11(14)8-13-12(15)16-9-10(2)3/h10-11H,4-9H2,1-3H3,(H,13,15). The van der Waals surface area contributed by atoms with Crippen molar-refractivity contribution in [3.63, 3.8) is 0 Å². The Morgan fingerprint density at radius 3 is 2.94 bits per heavy atom. The van der Waals surface area contributed by atoms with Crippen molar-refractivity contribution in [2.45, 2.75) is 39.7 Å². The first kappa shape index (κ1) is 13.3. The van der Waals surface area contributed by atoms with E-state index in [-0.39, 0.29) is 6.09 Å². The zero-order valence-electron chi connectivity index (χ0n) is 10.7. The number of likely N-dealkylation sites (tertiary alicyclic amines) is 1. The molecule has 4 nitrogen and oxygen atoms in total. The Labute approximate surface area is 98.3 Å². The van der Waals surface area contributed by atoms with Crippen LogP contribution in [0.15, 0.2) is 0 Å². The van der Waals surface area contributed by atoms with Crippen molar-refractivity contribution in [1.82, 2.24) is 10.2 Å². The molecule has 1 heterocycles. The first-order valence-electron chi connectivity index (χ1n) is 6.28. The SMILES string of the molecule is CCN1CCCC1CNC(=O)OCC(C)C. The van der Waals surface area contributed by atoms with Crippen LogP contribution < -0.4 is 5.32 Å². The van der Waals surface area contributed by atoms with E-state index in [4.69, 9.17) is 4.74 Å². The molecule has 1 atom stereocenters. The molecule has 0 aromatic rings. The quantitative estimate of drug-likeness (QED) is 0.781. The minimum atomic E-state index is -0.281. The lowest BCUT2D eigenvalue weighted by Gasteiger charge is -2.22. The third-order valence-electron chi connectivity index (χ3n) is 2.94. The van der Waals surface area contributed by atoms with Gasteiger partial charge < -0.3 is 10.1 Å². The minimum absolute atomic E-state index is 0.281. The van der Waals surface area contributed by atoms with E-state index in [1.807, 2.05) is 13.8 Å². The number of alkyl carbamates (subject to hydrolysis) is 1. The van der Waals surface area contributed by atoms with Crippen LogP contribution in [0.5, 0.6) is 0 Å². The molecule has 0 aromatic heterocycles. The maximum Gasteiger partial charge on any atom is 0.407 e. The van der Waals surface area contributed by atoms with Gasteiger partial charge in [-0.3, -0.25) is 4.90 Å². The third-order valence-corrected chi connectivity index (χ3v) is 2.94. The van der Waals surface area contributed by atoms with Gasteiger partial charge in [0.1, 0.15) is 0 Å². The van der Waals surface area contributed by atoms with E-state index >= 15 is 0 Å². The fraction of sp³-hybridized carbons (Fsp3) is 0.917. The molecule has 1 N–H and O–H groups in total. The lowest BCUT2D eigenvalue weighted by Crippen LogP contribution is -2.40. The minimum Gasteiger partial charge on any atom is -0.449 e. The molecule has 1 saturated heterocycles. The second-order valence-electron chi connectivity index (χ2n) is 4.80. The van der Waals surface area contributed by atoms with Gasteiger partial charge in [0.05, 0.1) is 6.61 Å². The Morgan fingerprint density at radius 1 is 1.56 bits per heavy atom. The van der Waals surface area contributed by atoms with Gasteiger partial charge in [-0.25, -0.2) is 4.79 Å². The first-order valence-corrected chi connectivity index (χ1v) is 6.28. The van der Waals surface area contributed by atoms with Gasteiger partial charge in [-0.2, -0.15) is 0 Å². The summed E-state index contributed by atoms with van der Waals surface area (Å²) >= 11 is 0. The second-order valence-corrected chi connectivity index (χ2v) is 4.80. The number of nitrogens with zero attached hydrogens (tertiary/aromatic N) is 1. The van der Waals surface area contributed by atoms with Crippen LogP contribution in [-0.4, -0.2) is 43.3 Å². The van der Waals surface area contributed by atoms with Crippen LogP contribution >= 0.6 is 0 Å². The van der Waals surface area contributed by atoms with Crippen molar-refractivity contribution in [2.24, 2.45) is 5.92 Å². The van der Waals surface area contributed by atoms with E-state index in [2.05, 4.69) is 17.1 Å². The summed E-state index contributed by atoms with van der Waals surface area (Å²) in [5.74, 6) is 0.393. The number of rotatable bonds is 5.